The Balaban J connectivity index is 1.42. The molecule has 0 radical (unpaired) electrons. The van der Waals surface area contributed by atoms with E-state index in [1.807, 2.05) is 0 Å². The minimum Gasteiger partial charge on any atom is -0.497 e. The average Bonchev–Trinajstić information content (AvgIpc) is 3.17. The normalized spacial score (nSPS) is 13.1. The van der Waals surface area contributed by atoms with E-state index in [9.17, 15) is 9.59 Å². The molecule has 1 heterocycles. The van der Waals surface area contributed by atoms with Gasteiger partial charge in [-0.15, -0.1) is 0 Å². The first-order valence-electron chi connectivity index (χ1n) is 10.4. The number of rotatable bonds is 8. The maximum absolute atomic E-state index is 12.6. The molecule has 174 valence electrons. The summed E-state index contributed by atoms with van der Waals surface area (Å²) >= 11 is 0. The van der Waals surface area contributed by atoms with Gasteiger partial charge in [-0.05, 0) is 60.2 Å². The van der Waals surface area contributed by atoms with Crippen LogP contribution in [-0.2, 0) is 4.79 Å². The number of benzene rings is 3. The number of carbonyl (C=O) groups is 2. The van der Waals surface area contributed by atoms with Crippen LogP contribution < -0.4 is 29.0 Å². The smallest absolute Gasteiger partial charge is 0.262 e. The van der Waals surface area contributed by atoms with Crippen molar-refractivity contribution in [3.63, 3.8) is 0 Å². The zero-order chi connectivity index (χ0) is 24.1. The van der Waals surface area contributed by atoms with Gasteiger partial charge in [0.25, 0.3) is 5.91 Å². The molecule has 0 spiro atoms. The van der Waals surface area contributed by atoms with Gasteiger partial charge in [-0.25, -0.2) is 0 Å². The minimum atomic E-state index is -0.323. The van der Waals surface area contributed by atoms with Crippen LogP contribution in [0.2, 0.25) is 0 Å². The summed E-state index contributed by atoms with van der Waals surface area (Å²) in [4.78, 5) is 24.9. The molecule has 1 aliphatic heterocycles. The summed E-state index contributed by atoms with van der Waals surface area (Å²) in [5.41, 5.74) is 1.78. The van der Waals surface area contributed by atoms with Crippen LogP contribution in [0, 0.1) is 0 Å². The molecule has 0 aromatic heterocycles. The Bertz CT molecular complexity index is 1250. The van der Waals surface area contributed by atoms with Crippen LogP contribution in [0.25, 0.3) is 6.08 Å². The first-order chi connectivity index (χ1) is 16.5. The number of nitrogens with one attached hydrogen (secondary N) is 1. The van der Waals surface area contributed by atoms with Crippen LogP contribution in [0.5, 0.6) is 28.7 Å². The number of hydrogen-bond donors (Lipinski definition) is 1. The molecule has 0 unspecified atom stereocenters. The molecule has 8 nitrogen and oxygen atoms in total. The number of hydrogen-bond acceptors (Lipinski definition) is 7. The van der Waals surface area contributed by atoms with Crippen molar-refractivity contribution in [2.24, 2.45) is 0 Å². The second-order valence-electron chi connectivity index (χ2n) is 7.28. The van der Waals surface area contributed by atoms with Crippen LogP contribution in [0.3, 0.4) is 0 Å². The van der Waals surface area contributed by atoms with Crippen molar-refractivity contribution in [2.45, 2.75) is 0 Å². The molecule has 8 heteroatoms. The van der Waals surface area contributed by atoms with Crippen molar-refractivity contribution < 1.29 is 33.3 Å². The fourth-order valence-corrected chi connectivity index (χ4v) is 3.35. The number of carbonyl (C=O) groups excluding carboxylic acids is 2. The fourth-order valence-electron chi connectivity index (χ4n) is 3.35. The maximum Gasteiger partial charge on any atom is 0.262 e. The van der Waals surface area contributed by atoms with E-state index in [-0.39, 0.29) is 24.1 Å². The first-order valence-corrected chi connectivity index (χ1v) is 10.4. The lowest BCUT2D eigenvalue weighted by Crippen LogP contribution is -2.20. The lowest BCUT2D eigenvalue weighted by molar-refractivity contribution is -0.118. The van der Waals surface area contributed by atoms with Crippen molar-refractivity contribution in [1.82, 2.24) is 0 Å². The molecule has 1 N–H and O–H groups in total. The fraction of sp³-hybridized carbons (Fsp3) is 0.154. The van der Waals surface area contributed by atoms with Crippen molar-refractivity contribution in [3.05, 3.63) is 77.5 Å². The Hall–Kier alpha value is -4.46. The molecule has 0 aliphatic carbocycles. The van der Waals surface area contributed by atoms with Crippen molar-refractivity contribution in [3.8, 4) is 28.7 Å². The Morgan fingerprint density at radius 1 is 0.882 bits per heavy atom. The molecule has 0 saturated carbocycles. The van der Waals surface area contributed by atoms with E-state index in [1.165, 1.54) is 7.11 Å². The standard InChI is InChI=1S/C26H23NO7/c1-30-18-7-5-17(6-8-18)27-25(28)15-33-21-11-4-16(12-23(21)32-3)13-24-26(29)20-10-9-19(31-2)14-22(20)34-24/h4-14H,15H2,1-3H3,(H,27,28)/b24-13+. The molecule has 1 aliphatic rings. The SMILES string of the molecule is COc1ccc(NC(=O)COc2ccc(/C=C3/Oc4cc(OC)ccc4C3=O)cc2OC)cc1. The van der Waals surface area contributed by atoms with Crippen LogP contribution in [-0.4, -0.2) is 39.6 Å². The van der Waals surface area contributed by atoms with E-state index in [1.54, 1.807) is 81.0 Å². The quantitative estimate of drug-likeness (QED) is 0.499. The highest BCUT2D eigenvalue weighted by Crippen LogP contribution is 2.36. The molecular weight excluding hydrogens is 438 g/mol. The second kappa shape index (κ2) is 9.99. The van der Waals surface area contributed by atoms with Crippen LogP contribution in [0.15, 0.2) is 66.4 Å². The molecule has 0 atom stereocenters. The van der Waals surface area contributed by atoms with E-state index in [2.05, 4.69) is 5.32 Å². The van der Waals surface area contributed by atoms with Crippen LogP contribution in [0.4, 0.5) is 5.69 Å². The molecule has 4 rings (SSSR count). The summed E-state index contributed by atoms with van der Waals surface area (Å²) in [5, 5.41) is 2.75. The van der Waals surface area contributed by atoms with E-state index in [0.29, 0.717) is 45.6 Å². The summed E-state index contributed by atoms with van der Waals surface area (Å²) in [5.74, 6) is 2.21. The number of amides is 1. The Labute approximate surface area is 196 Å². The van der Waals surface area contributed by atoms with Crippen LogP contribution in [0.1, 0.15) is 15.9 Å². The third-order valence-electron chi connectivity index (χ3n) is 5.10. The predicted octanol–water partition coefficient (Wildman–Crippen LogP) is 4.35. The topological polar surface area (TPSA) is 92.3 Å². The van der Waals surface area contributed by atoms with Gasteiger partial charge in [0.15, 0.2) is 23.9 Å². The van der Waals surface area contributed by atoms with Gasteiger partial charge in [0.1, 0.15) is 17.2 Å². The van der Waals surface area contributed by atoms with Crippen molar-refractivity contribution >= 4 is 23.5 Å². The lowest BCUT2D eigenvalue weighted by Gasteiger charge is -2.12. The molecule has 0 bridgehead atoms. The number of allylic oxidation sites excluding steroid dienone is 1. The van der Waals surface area contributed by atoms with Gasteiger partial charge in [-0.2, -0.15) is 0 Å². The van der Waals surface area contributed by atoms with Gasteiger partial charge in [-0.1, -0.05) is 6.07 Å². The lowest BCUT2D eigenvalue weighted by atomic mass is 10.1. The summed E-state index contributed by atoms with van der Waals surface area (Å²) in [6, 6.07) is 17.1. The summed E-state index contributed by atoms with van der Waals surface area (Å²) in [6.45, 7) is -0.207. The molecule has 0 fully saturated rings. The number of methoxy groups -OCH3 is 3. The third-order valence-corrected chi connectivity index (χ3v) is 5.10. The molecule has 3 aromatic carbocycles. The van der Waals surface area contributed by atoms with Gasteiger partial charge >= 0.3 is 0 Å². The van der Waals surface area contributed by atoms with Gasteiger partial charge in [0, 0.05) is 11.8 Å². The number of ether oxygens (including phenoxy) is 5. The van der Waals surface area contributed by atoms with E-state index < -0.39 is 0 Å². The highest BCUT2D eigenvalue weighted by molar-refractivity contribution is 6.14. The molecule has 1 amide bonds. The highest BCUT2D eigenvalue weighted by atomic mass is 16.5. The Morgan fingerprint density at radius 2 is 1.62 bits per heavy atom. The van der Waals surface area contributed by atoms with E-state index in [4.69, 9.17) is 23.7 Å². The Morgan fingerprint density at radius 3 is 2.32 bits per heavy atom. The monoisotopic (exact) mass is 461 g/mol. The van der Waals surface area contributed by atoms with Crippen molar-refractivity contribution in [1.29, 1.82) is 0 Å². The number of Topliss-reactive ketones (excluding diaryl/α,β-unsaturated/α-hetero) is 1. The van der Waals surface area contributed by atoms with Gasteiger partial charge in [0.2, 0.25) is 5.78 Å². The molecule has 0 saturated heterocycles. The van der Waals surface area contributed by atoms with Gasteiger partial charge in [-0.3, -0.25) is 9.59 Å². The average molecular weight is 461 g/mol. The zero-order valence-corrected chi connectivity index (χ0v) is 18.9. The highest BCUT2D eigenvalue weighted by Gasteiger charge is 2.27. The Kier molecular flexibility index (Phi) is 6.68. The number of ketones is 1. The third kappa shape index (κ3) is 4.96. The van der Waals surface area contributed by atoms with Crippen molar-refractivity contribution in [2.75, 3.05) is 33.3 Å². The summed E-state index contributed by atoms with van der Waals surface area (Å²) < 4.78 is 27.0. The van der Waals surface area contributed by atoms with Gasteiger partial charge in [0.05, 0.1) is 26.9 Å². The van der Waals surface area contributed by atoms with E-state index >= 15 is 0 Å². The second-order valence-corrected chi connectivity index (χ2v) is 7.28. The number of anilines is 1. The first kappa shape index (κ1) is 22.7. The summed E-state index contributed by atoms with van der Waals surface area (Å²) in [7, 11) is 4.62. The van der Waals surface area contributed by atoms with Gasteiger partial charge < -0.3 is 29.0 Å². The van der Waals surface area contributed by atoms with Crippen LogP contribution >= 0.6 is 0 Å². The zero-order valence-electron chi connectivity index (χ0n) is 18.9. The minimum absolute atomic E-state index is 0.192. The maximum atomic E-state index is 12.6. The summed E-state index contributed by atoms with van der Waals surface area (Å²) in [6.07, 6.45) is 1.62. The number of fused-ring (bicyclic) bond motifs is 1. The molecular formula is C26H23NO7. The molecule has 34 heavy (non-hydrogen) atoms. The predicted molar refractivity (Wildman–Crippen MR) is 126 cm³/mol. The largest absolute Gasteiger partial charge is 0.497 e. The van der Waals surface area contributed by atoms with E-state index in [0.717, 1.165) is 0 Å². The molecule has 3 aromatic rings.